The zero-order chi connectivity index (χ0) is 32.4. The first-order valence-electron chi connectivity index (χ1n) is 17.4. The summed E-state index contributed by atoms with van der Waals surface area (Å²) in [5.41, 5.74) is 8.60. The number of aromatic nitrogens is 1. The molecule has 1 N–H and O–H groups in total. The van der Waals surface area contributed by atoms with Gasteiger partial charge in [-0.15, -0.1) is 0 Å². The number of fused-ring (bicyclic) bond motifs is 4. The standard InChI is InChI=1S/C41H38Cl2N2O3/c1-24-5-2-10-31-32-20-41(47-23-27-7-4-9-30(43)18-27)34-19-28-13-14-33(46)38-35(28)40(41,15-16-44(34)21-25-11-12-25)39(48-38)37(32)45(36(24)31)22-26-6-3-8-29(42)17-26/h2-10,13-14,17-18,25,34,39,46H,11-12,15-16,19-23H2,1H3/t34-,39+,40+,41-/m1/s1. The van der Waals surface area contributed by atoms with Crippen molar-refractivity contribution < 1.29 is 14.6 Å². The Morgan fingerprint density at radius 1 is 0.958 bits per heavy atom. The summed E-state index contributed by atoms with van der Waals surface area (Å²) >= 11 is 13.0. The largest absolute Gasteiger partial charge is 0.504 e. The number of nitrogens with zero attached hydrogens (tertiary/aromatic N) is 2. The highest BCUT2D eigenvalue weighted by atomic mass is 35.5. The molecule has 1 saturated heterocycles. The Morgan fingerprint density at radius 2 is 1.73 bits per heavy atom. The Bertz CT molecular complexity index is 2140. The SMILES string of the molecule is Cc1cccc2c3c(n(Cc4cccc(Cl)c4)c12)[C@@H]1Oc2c(O)ccc4c2[C@@]12CCN(CC1CC1)[C@H](C4)[C@]2(OCc1cccc(Cl)c1)C3. The zero-order valence-electron chi connectivity index (χ0n) is 27.0. The molecule has 5 nitrogen and oxygen atoms in total. The maximum absolute atomic E-state index is 11.5. The van der Waals surface area contributed by atoms with Crippen molar-refractivity contribution in [2.75, 3.05) is 13.1 Å². The molecule has 1 spiro atoms. The molecule has 2 aliphatic heterocycles. The van der Waals surface area contributed by atoms with Gasteiger partial charge in [0.05, 0.1) is 23.2 Å². The number of hydrogen-bond acceptors (Lipinski definition) is 4. The van der Waals surface area contributed by atoms with Gasteiger partial charge in [-0.05, 0) is 103 Å². The monoisotopic (exact) mass is 676 g/mol. The van der Waals surface area contributed by atoms with Crippen LogP contribution in [0.2, 0.25) is 10.0 Å². The average molecular weight is 678 g/mol. The molecule has 2 fully saturated rings. The number of phenols is 1. The van der Waals surface area contributed by atoms with E-state index in [1.54, 1.807) is 0 Å². The van der Waals surface area contributed by atoms with Crippen molar-refractivity contribution in [2.45, 2.75) is 75.3 Å². The number of aromatic hydroxyl groups is 1. The average Bonchev–Trinajstić information content (AvgIpc) is 3.74. The highest BCUT2D eigenvalue weighted by Crippen LogP contribution is 2.70. The summed E-state index contributed by atoms with van der Waals surface area (Å²) in [5.74, 6) is 1.62. The summed E-state index contributed by atoms with van der Waals surface area (Å²) < 4.78 is 17.3. The van der Waals surface area contributed by atoms with Crippen LogP contribution in [0, 0.1) is 12.8 Å². The number of para-hydroxylation sites is 1. The van der Waals surface area contributed by atoms with E-state index in [9.17, 15) is 5.11 Å². The van der Waals surface area contributed by atoms with Gasteiger partial charge < -0.3 is 19.1 Å². The molecule has 0 radical (unpaired) electrons. The van der Waals surface area contributed by atoms with Crippen LogP contribution in [0.4, 0.5) is 0 Å². The van der Waals surface area contributed by atoms with E-state index in [0.29, 0.717) is 18.9 Å². The topological polar surface area (TPSA) is 46.9 Å². The lowest BCUT2D eigenvalue weighted by Gasteiger charge is -2.64. The Labute approximate surface area is 291 Å². The fourth-order valence-corrected chi connectivity index (χ4v) is 10.6. The number of benzene rings is 4. The normalized spacial score (nSPS) is 26.7. The first-order valence-corrected chi connectivity index (χ1v) is 18.1. The number of aryl methyl sites for hydroxylation is 1. The van der Waals surface area contributed by atoms with Gasteiger partial charge in [0, 0.05) is 46.5 Å². The maximum atomic E-state index is 11.5. The van der Waals surface area contributed by atoms with Gasteiger partial charge in [0.25, 0.3) is 0 Å². The molecule has 4 aromatic carbocycles. The highest BCUT2D eigenvalue weighted by molar-refractivity contribution is 6.30. The van der Waals surface area contributed by atoms with E-state index in [2.05, 4.69) is 58.9 Å². The molecular weight excluding hydrogens is 639 g/mol. The Hall–Kier alpha value is -3.48. The molecule has 244 valence electrons. The Morgan fingerprint density at radius 3 is 2.52 bits per heavy atom. The lowest BCUT2D eigenvalue weighted by Crippen LogP contribution is -2.75. The van der Waals surface area contributed by atoms with Crippen LogP contribution in [0.5, 0.6) is 11.5 Å². The van der Waals surface area contributed by atoms with Gasteiger partial charge in [-0.3, -0.25) is 4.90 Å². The lowest BCUT2D eigenvalue weighted by molar-refractivity contribution is -0.211. The fraction of sp³-hybridized carbons (Fsp3) is 0.366. The van der Waals surface area contributed by atoms with E-state index in [4.69, 9.17) is 32.7 Å². The van der Waals surface area contributed by atoms with Crippen molar-refractivity contribution >= 4 is 34.1 Å². The molecule has 7 heteroatoms. The van der Waals surface area contributed by atoms with Crippen LogP contribution < -0.4 is 4.74 Å². The van der Waals surface area contributed by atoms with Crippen LogP contribution in [0.25, 0.3) is 10.9 Å². The van der Waals surface area contributed by atoms with Gasteiger partial charge >= 0.3 is 0 Å². The van der Waals surface area contributed by atoms with Crippen molar-refractivity contribution in [2.24, 2.45) is 5.92 Å². The molecule has 0 unspecified atom stereocenters. The second kappa shape index (κ2) is 10.5. The molecule has 10 rings (SSSR count). The van der Waals surface area contributed by atoms with Crippen molar-refractivity contribution in [1.29, 1.82) is 0 Å². The number of halogens is 2. The molecular formula is C41H38Cl2N2O3. The first-order chi connectivity index (χ1) is 23.4. The summed E-state index contributed by atoms with van der Waals surface area (Å²) in [6, 6.07) is 27.1. The Kier molecular flexibility index (Phi) is 6.45. The van der Waals surface area contributed by atoms with Gasteiger partial charge in [0.1, 0.15) is 5.60 Å². The number of likely N-dealkylation sites (tertiary alicyclic amines) is 1. The second-order valence-electron chi connectivity index (χ2n) is 14.9. The number of hydrogen-bond donors (Lipinski definition) is 1. The van der Waals surface area contributed by atoms with Gasteiger partial charge in [0.2, 0.25) is 0 Å². The Balaban J connectivity index is 1.24. The summed E-state index contributed by atoms with van der Waals surface area (Å²) in [6.45, 7) is 5.44. The summed E-state index contributed by atoms with van der Waals surface area (Å²) in [4.78, 5) is 2.76. The minimum Gasteiger partial charge on any atom is -0.504 e. The van der Waals surface area contributed by atoms with Crippen molar-refractivity contribution in [1.82, 2.24) is 9.47 Å². The maximum Gasteiger partial charge on any atom is 0.166 e. The molecule has 1 saturated carbocycles. The van der Waals surface area contributed by atoms with Crippen LogP contribution in [0.3, 0.4) is 0 Å². The number of phenolic OH excluding ortho intramolecular Hbond substituents is 1. The van der Waals surface area contributed by atoms with Crippen molar-refractivity contribution in [3.05, 3.63) is 128 Å². The van der Waals surface area contributed by atoms with Gasteiger partial charge in [-0.1, -0.05) is 71.7 Å². The zero-order valence-corrected chi connectivity index (χ0v) is 28.5. The third-order valence-electron chi connectivity index (χ3n) is 12.2. The minimum atomic E-state index is -0.578. The van der Waals surface area contributed by atoms with E-state index in [1.807, 2.05) is 36.4 Å². The van der Waals surface area contributed by atoms with Crippen LogP contribution in [0.15, 0.2) is 78.9 Å². The van der Waals surface area contributed by atoms with E-state index in [0.717, 1.165) is 59.4 Å². The first kappa shape index (κ1) is 29.4. The molecule has 4 atom stereocenters. The van der Waals surface area contributed by atoms with Crippen LogP contribution in [-0.4, -0.2) is 39.3 Å². The van der Waals surface area contributed by atoms with Crippen LogP contribution >= 0.6 is 23.2 Å². The van der Waals surface area contributed by atoms with E-state index < -0.39 is 11.0 Å². The quantitative estimate of drug-likeness (QED) is 0.187. The van der Waals surface area contributed by atoms with E-state index in [-0.39, 0.29) is 17.9 Å². The van der Waals surface area contributed by atoms with Crippen molar-refractivity contribution in [3.63, 3.8) is 0 Å². The van der Waals surface area contributed by atoms with Gasteiger partial charge in [-0.25, -0.2) is 0 Å². The fourth-order valence-electron chi connectivity index (χ4n) is 10.2. The molecule has 2 bridgehead atoms. The third-order valence-corrected chi connectivity index (χ3v) is 12.7. The second-order valence-corrected chi connectivity index (χ2v) is 15.7. The lowest BCUT2D eigenvalue weighted by atomic mass is 9.48. The predicted molar refractivity (Wildman–Crippen MR) is 189 cm³/mol. The smallest absolute Gasteiger partial charge is 0.166 e. The highest BCUT2D eigenvalue weighted by Gasteiger charge is 2.74. The molecule has 0 amide bonds. The number of ether oxygens (including phenoxy) is 2. The summed E-state index contributed by atoms with van der Waals surface area (Å²) in [5, 5.41) is 14.2. The van der Waals surface area contributed by atoms with E-state index >= 15 is 0 Å². The minimum absolute atomic E-state index is 0.171. The van der Waals surface area contributed by atoms with E-state index in [1.165, 1.54) is 51.7 Å². The summed E-state index contributed by atoms with van der Waals surface area (Å²) in [6.07, 6.45) is 4.84. The molecule has 3 aliphatic carbocycles. The summed E-state index contributed by atoms with van der Waals surface area (Å²) in [7, 11) is 0. The van der Waals surface area contributed by atoms with Crippen molar-refractivity contribution in [3.8, 4) is 11.5 Å². The van der Waals surface area contributed by atoms with Gasteiger partial charge in [0.15, 0.2) is 17.6 Å². The van der Waals surface area contributed by atoms with Crippen LogP contribution in [-0.2, 0) is 36.1 Å². The van der Waals surface area contributed by atoms with Gasteiger partial charge in [-0.2, -0.15) is 0 Å². The molecule has 5 aromatic rings. The predicted octanol–water partition coefficient (Wildman–Crippen LogP) is 8.93. The molecule has 48 heavy (non-hydrogen) atoms. The third kappa shape index (κ3) is 4.05. The number of piperidine rings is 1. The molecule has 5 aliphatic rings. The molecule has 3 heterocycles. The van der Waals surface area contributed by atoms with Crippen LogP contribution in [0.1, 0.15) is 64.4 Å². The molecule has 1 aromatic heterocycles. The number of rotatable bonds is 7.